The lowest BCUT2D eigenvalue weighted by Gasteiger charge is -2.03. The van der Waals surface area contributed by atoms with Crippen molar-refractivity contribution in [3.8, 4) is 0 Å². The van der Waals surface area contributed by atoms with Crippen LogP contribution in [0.1, 0.15) is 29.5 Å². The second-order valence-corrected chi connectivity index (χ2v) is 5.10. The zero-order valence-electron chi connectivity index (χ0n) is 8.66. The van der Waals surface area contributed by atoms with Crippen molar-refractivity contribution in [2.45, 2.75) is 25.8 Å². The van der Waals surface area contributed by atoms with E-state index in [1.54, 1.807) is 11.3 Å². The van der Waals surface area contributed by atoms with E-state index in [1.165, 1.54) is 28.1 Å². The molecule has 0 aliphatic carbocycles. The SMILES string of the molecule is Cc1cnc2nc([C@H]3CCCN3)sc2c1. The number of pyridine rings is 1. The van der Waals surface area contributed by atoms with Crippen LogP contribution in [0.15, 0.2) is 12.3 Å². The van der Waals surface area contributed by atoms with Crippen LogP contribution in [0.3, 0.4) is 0 Å². The van der Waals surface area contributed by atoms with Gasteiger partial charge in [-0.15, -0.1) is 11.3 Å². The molecule has 1 fully saturated rings. The normalized spacial score (nSPS) is 21.3. The fraction of sp³-hybridized carbons (Fsp3) is 0.455. The van der Waals surface area contributed by atoms with Gasteiger partial charge in [0.25, 0.3) is 0 Å². The van der Waals surface area contributed by atoms with Gasteiger partial charge in [-0.1, -0.05) is 0 Å². The average Bonchev–Trinajstić information content (AvgIpc) is 2.84. The second kappa shape index (κ2) is 3.54. The minimum atomic E-state index is 0.463. The molecule has 1 saturated heterocycles. The van der Waals surface area contributed by atoms with E-state index in [0.717, 1.165) is 12.2 Å². The molecule has 1 atom stereocenters. The molecule has 4 heteroatoms. The predicted molar refractivity (Wildman–Crippen MR) is 62.1 cm³/mol. The second-order valence-electron chi connectivity index (χ2n) is 4.04. The highest BCUT2D eigenvalue weighted by Gasteiger charge is 2.20. The van der Waals surface area contributed by atoms with Crippen LogP contribution < -0.4 is 5.32 Å². The summed E-state index contributed by atoms with van der Waals surface area (Å²) in [5.74, 6) is 0. The topological polar surface area (TPSA) is 37.8 Å². The number of nitrogens with one attached hydrogen (secondary N) is 1. The summed E-state index contributed by atoms with van der Waals surface area (Å²) in [7, 11) is 0. The van der Waals surface area contributed by atoms with E-state index >= 15 is 0 Å². The molecule has 1 aliphatic heterocycles. The van der Waals surface area contributed by atoms with Gasteiger partial charge in [-0.05, 0) is 37.9 Å². The number of hydrogen-bond acceptors (Lipinski definition) is 4. The molecule has 15 heavy (non-hydrogen) atoms. The molecular formula is C11H13N3S. The van der Waals surface area contributed by atoms with Gasteiger partial charge in [0.15, 0.2) is 5.65 Å². The molecule has 0 aromatic carbocycles. The summed E-state index contributed by atoms with van der Waals surface area (Å²) in [6, 6.07) is 2.63. The first-order chi connectivity index (χ1) is 7.33. The molecule has 3 nitrogen and oxygen atoms in total. The van der Waals surface area contributed by atoms with Crippen molar-refractivity contribution in [1.82, 2.24) is 15.3 Å². The van der Waals surface area contributed by atoms with E-state index in [9.17, 15) is 0 Å². The summed E-state index contributed by atoms with van der Waals surface area (Å²) >= 11 is 1.77. The predicted octanol–water partition coefficient (Wildman–Crippen LogP) is 2.42. The van der Waals surface area contributed by atoms with Crippen molar-refractivity contribution in [2.24, 2.45) is 0 Å². The van der Waals surface area contributed by atoms with E-state index in [0.29, 0.717) is 6.04 Å². The van der Waals surface area contributed by atoms with Gasteiger partial charge in [0, 0.05) is 6.20 Å². The van der Waals surface area contributed by atoms with Gasteiger partial charge in [0.05, 0.1) is 10.7 Å². The maximum absolute atomic E-state index is 4.58. The Labute approximate surface area is 92.6 Å². The minimum absolute atomic E-state index is 0.463. The number of aryl methyl sites for hydroxylation is 1. The maximum Gasteiger partial charge on any atom is 0.170 e. The van der Waals surface area contributed by atoms with Crippen molar-refractivity contribution >= 4 is 21.7 Å². The molecule has 2 aromatic rings. The third-order valence-corrected chi connectivity index (χ3v) is 3.86. The molecule has 3 rings (SSSR count). The van der Waals surface area contributed by atoms with Gasteiger partial charge < -0.3 is 5.32 Å². The highest BCUT2D eigenvalue weighted by atomic mass is 32.1. The minimum Gasteiger partial charge on any atom is -0.308 e. The van der Waals surface area contributed by atoms with Crippen LogP contribution in [0.5, 0.6) is 0 Å². The number of aromatic nitrogens is 2. The van der Waals surface area contributed by atoms with Gasteiger partial charge in [0.1, 0.15) is 5.01 Å². The zero-order valence-corrected chi connectivity index (χ0v) is 9.47. The summed E-state index contributed by atoms with van der Waals surface area (Å²) < 4.78 is 1.21. The van der Waals surface area contributed by atoms with Gasteiger partial charge in [-0.25, -0.2) is 9.97 Å². The first kappa shape index (κ1) is 9.24. The lowest BCUT2D eigenvalue weighted by atomic mass is 10.2. The Kier molecular flexibility index (Phi) is 2.18. The van der Waals surface area contributed by atoms with Gasteiger partial charge >= 0.3 is 0 Å². The first-order valence-electron chi connectivity index (χ1n) is 5.29. The quantitative estimate of drug-likeness (QED) is 0.800. The van der Waals surface area contributed by atoms with Crippen molar-refractivity contribution in [3.63, 3.8) is 0 Å². The smallest absolute Gasteiger partial charge is 0.170 e. The Hall–Kier alpha value is -1.00. The molecule has 2 aromatic heterocycles. The number of thiazole rings is 1. The Morgan fingerprint density at radius 1 is 1.53 bits per heavy atom. The third kappa shape index (κ3) is 1.64. The van der Waals surface area contributed by atoms with Crippen LogP contribution >= 0.6 is 11.3 Å². The molecule has 3 heterocycles. The van der Waals surface area contributed by atoms with Crippen molar-refractivity contribution in [1.29, 1.82) is 0 Å². The Bertz CT molecular complexity index is 486. The van der Waals surface area contributed by atoms with Crippen LogP contribution in [0, 0.1) is 6.92 Å². The molecule has 0 spiro atoms. The number of rotatable bonds is 1. The van der Waals surface area contributed by atoms with E-state index in [-0.39, 0.29) is 0 Å². The average molecular weight is 219 g/mol. The van der Waals surface area contributed by atoms with E-state index < -0.39 is 0 Å². The third-order valence-electron chi connectivity index (χ3n) is 2.76. The number of fused-ring (bicyclic) bond motifs is 1. The molecule has 0 bridgehead atoms. The first-order valence-corrected chi connectivity index (χ1v) is 6.11. The molecule has 0 amide bonds. The Morgan fingerprint density at radius 3 is 3.27 bits per heavy atom. The fourth-order valence-corrected chi connectivity index (χ4v) is 3.11. The standard InChI is InChI=1S/C11H13N3S/c1-7-5-9-10(13-6-7)14-11(15-9)8-3-2-4-12-8/h5-6,8,12H,2-4H2,1H3/t8-/m1/s1. The van der Waals surface area contributed by atoms with Crippen LogP contribution in [0.2, 0.25) is 0 Å². The molecule has 1 aliphatic rings. The molecule has 0 saturated carbocycles. The molecule has 0 radical (unpaired) electrons. The highest BCUT2D eigenvalue weighted by molar-refractivity contribution is 7.18. The van der Waals surface area contributed by atoms with E-state index in [1.807, 2.05) is 6.20 Å². The highest BCUT2D eigenvalue weighted by Crippen LogP contribution is 2.30. The van der Waals surface area contributed by atoms with Crippen molar-refractivity contribution in [2.75, 3.05) is 6.54 Å². The Balaban J connectivity index is 2.05. The fourth-order valence-electron chi connectivity index (χ4n) is 1.98. The lowest BCUT2D eigenvalue weighted by molar-refractivity contribution is 0.644. The monoisotopic (exact) mass is 219 g/mol. The van der Waals surface area contributed by atoms with Crippen molar-refractivity contribution in [3.05, 3.63) is 22.8 Å². The molecule has 1 N–H and O–H groups in total. The van der Waals surface area contributed by atoms with Crippen LogP contribution in [-0.2, 0) is 0 Å². The summed E-state index contributed by atoms with van der Waals surface area (Å²) in [5.41, 5.74) is 2.10. The molecule has 0 unspecified atom stereocenters. The number of hydrogen-bond donors (Lipinski definition) is 1. The van der Waals surface area contributed by atoms with Crippen LogP contribution in [0.4, 0.5) is 0 Å². The van der Waals surface area contributed by atoms with E-state index in [2.05, 4.69) is 28.3 Å². The van der Waals surface area contributed by atoms with Crippen LogP contribution in [0.25, 0.3) is 10.3 Å². The van der Waals surface area contributed by atoms with E-state index in [4.69, 9.17) is 0 Å². The van der Waals surface area contributed by atoms with Crippen molar-refractivity contribution < 1.29 is 0 Å². The largest absolute Gasteiger partial charge is 0.308 e. The summed E-state index contributed by atoms with van der Waals surface area (Å²) in [6.07, 6.45) is 4.35. The lowest BCUT2D eigenvalue weighted by Crippen LogP contribution is -2.12. The van der Waals surface area contributed by atoms with Gasteiger partial charge in [-0.2, -0.15) is 0 Å². The maximum atomic E-state index is 4.58. The van der Waals surface area contributed by atoms with Crippen LogP contribution in [-0.4, -0.2) is 16.5 Å². The Morgan fingerprint density at radius 2 is 2.47 bits per heavy atom. The zero-order chi connectivity index (χ0) is 10.3. The summed E-state index contributed by atoms with van der Waals surface area (Å²) in [5, 5.41) is 4.66. The van der Waals surface area contributed by atoms with Gasteiger partial charge in [0.2, 0.25) is 0 Å². The summed E-state index contributed by atoms with van der Waals surface area (Å²) in [4.78, 5) is 8.93. The number of nitrogens with zero attached hydrogens (tertiary/aromatic N) is 2. The van der Waals surface area contributed by atoms with Gasteiger partial charge in [-0.3, -0.25) is 0 Å². The molecule has 78 valence electrons. The summed E-state index contributed by atoms with van der Waals surface area (Å²) in [6.45, 7) is 3.19. The molecular weight excluding hydrogens is 206 g/mol.